The second-order valence-electron chi connectivity index (χ2n) is 7.04. The van der Waals surface area contributed by atoms with Gasteiger partial charge < -0.3 is 19.7 Å². The van der Waals surface area contributed by atoms with Gasteiger partial charge in [-0.25, -0.2) is 4.98 Å². The molecule has 2 heterocycles. The quantitative estimate of drug-likeness (QED) is 0.681. The fourth-order valence-electron chi connectivity index (χ4n) is 3.63. The number of rotatable bonds is 7. The molecular formula is C22H27N3O4S. The Hall–Kier alpha value is -2.74. The molecule has 2 aromatic rings. The third kappa shape index (κ3) is 4.87. The Morgan fingerprint density at radius 2 is 1.80 bits per heavy atom. The zero-order valence-corrected chi connectivity index (χ0v) is 18.3. The van der Waals surface area contributed by atoms with Gasteiger partial charge in [-0.15, -0.1) is 11.8 Å². The average molecular weight is 430 g/mol. The van der Waals surface area contributed by atoms with Crippen molar-refractivity contribution in [3.8, 4) is 11.5 Å². The molecule has 0 radical (unpaired) electrons. The highest BCUT2D eigenvalue weighted by molar-refractivity contribution is 7.98. The Balaban J connectivity index is 1.56. The number of carbonyl (C=O) groups is 2. The predicted molar refractivity (Wildman–Crippen MR) is 117 cm³/mol. The molecule has 1 aromatic carbocycles. The maximum Gasteiger partial charge on any atom is 0.258 e. The molecule has 30 heavy (non-hydrogen) atoms. The SMILES string of the molecule is COc1cccc(OC)c1C(=O)NCC1CCN(C(=O)c2cccnc2SC)CC1. The maximum absolute atomic E-state index is 12.9. The van der Waals surface area contributed by atoms with E-state index in [0.29, 0.717) is 48.2 Å². The Labute approximate surface area is 181 Å². The maximum atomic E-state index is 12.9. The summed E-state index contributed by atoms with van der Waals surface area (Å²) in [5, 5.41) is 3.75. The molecular weight excluding hydrogens is 402 g/mol. The first kappa shape index (κ1) is 22.0. The largest absolute Gasteiger partial charge is 0.496 e. The van der Waals surface area contributed by atoms with Gasteiger partial charge in [0.05, 0.1) is 19.8 Å². The fraction of sp³-hybridized carbons (Fsp3) is 0.409. The molecule has 0 atom stereocenters. The number of pyridine rings is 1. The van der Waals surface area contributed by atoms with Gasteiger partial charge >= 0.3 is 0 Å². The zero-order chi connectivity index (χ0) is 21.5. The molecule has 7 nitrogen and oxygen atoms in total. The second-order valence-corrected chi connectivity index (χ2v) is 7.84. The number of methoxy groups -OCH3 is 2. The van der Waals surface area contributed by atoms with Crippen molar-refractivity contribution < 1.29 is 19.1 Å². The average Bonchev–Trinajstić information content (AvgIpc) is 2.81. The van der Waals surface area contributed by atoms with Gasteiger partial charge in [0, 0.05) is 25.8 Å². The zero-order valence-electron chi connectivity index (χ0n) is 17.5. The lowest BCUT2D eigenvalue weighted by atomic mass is 9.96. The van der Waals surface area contributed by atoms with Crippen LogP contribution in [-0.4, -0.2) is 61.8 Å². The number of benzene rings is 1. The summed E-state index contributed by atoms with van der Waals surface area (Å²) in [4.78, 5) is 31.7. The first-order valence-electron chi connectivity index (χ1n) is 9.86. The van der Waals surface area contributed by atoms with Crippen LogP contribution in [0.3, 0.4) is 0 Å². The molecule has 1 saturated heterocycles. The van der Waals surface area contributed by atoms with E-state index in [1.54, 1.807) is 30.5 Å². The molecule has 1 aliphatic rings. The van der Waals surface area contributed by atoms with Crippen molar-refractivity contribution in [3.05, 3.63) is 47.7 Å². The molecule has 2 amide bonds. The van der Waals surface area contributed by atoms with Gasteiger partial charge in [-0.2, -0.15) is 0 Å². The summed E-state index contributed by atoms with van der Waals surface area (Å²) in [5.74, 6) is 1.07. The van der Waals surface area contributed by atoms with Crippen molar-refractivity contribution in [1.82, 2.24) is 15.2 Å². The third-order valence-corrected chi connectivity index (χ3v) is 6.01. The molecule has 160 valence electrons. The van der Waals surface area contributed by atoms with Crippen molar-refractivity contribution in [2.24, 2.45) is 5.92 Å². The number of thioether (sulfide) groups is 1. The van der Waals surface area contributed by atoms with E-state index in [-0.39, 0.29) is 11.8 Å². The number of carbonyl (C=O) groups excluding carboxylic acids is 2. The molecule has 0 unspecified atom stereocenters. The van der Waals surface area contributed by atoms with Gasteiger partial charge in [0.25, 0.3) is 11.8 Å². The lowest BCUT2D eigenvalue weighted by Gasteiger charge is -2.32. The van der Waals surface area contributed by atoms with Gasteiger partial charge in [0.1, 0.15) is 22.1 Å². The van der Waals surface area contributed by atoms with Crippen LogP contribution in [0.1, 0.15) is 33.6 Å². The van der Waals surface area contributed by atoms with Gasteiger partial charge in [-0.1, -0.05) is 6.07 Å². The van der Waals surface area contributed by atoms with Crippen molar-refractivity contribution in [3.63, 3.8) is 0 Å². The van der Waals surface area contributed by atoms with Crippen LogP contribution >= 0.6 is 11.8 Å². The number of piperidine rings is 1. The lowest BCUT2D eigenvalue weighted by molar-refractivity contribution is 0.0679. The van der Waals surface area contributed by atoms with Crippen LogP contribution in [0.5, 0.6) is 11.5 Å². The summed E-state index contributed by atoms with van der Waals surface area (Å²) >= 11 is 1.48. The molecule has 0 bridgehead atoms. The Bertz CT molecular complexity index is 875. The minimum atomic E-state index is -0.220. The topological polar surface area (TPSA) is 80.8 Å². The van der Waals surface area contributed by atoms with Gasteiger partial charge in [-0.3, -0.25) is 9.59 Å². The highest BCUT2D eigenvalue weighted by atomic mass is 32.2. The first-order valence-corrected chi connectivity index (χ1v) is 11.1. The predicted octanol–water partition coefficient (Wildman–Crippen LogP) is 3.10. The van der Waals surface area contributed by atoms with Crippen LogP contribution in [-0.2, 0) is 0 Å². The number of hydrogen-bond acceptors (Lipinski definition) is 6. The van der Waals surface area contributed by atoms with Crippen molar-refractivity contribution >= 4 is 23.6 Å². The van der Waals surface area contributed by atoms with Crippen LogP contribution in [0.25, 0.3) is 0 Å². The normalized spacial score (nSPS) is 14.3. The summed E-state index contributed by atoms with van der Waals surface area (Å²) in [6, 6.07) is 8.88. The van der Waals surface area contributed by atoms with E-state index < -0.39 is 0 Å². The van der Waals surface area contributed by atoms with Crippen molar-refractivity contribution in [2.45, 2.75) is 17.9 Å². The molecule has 3 rings (SSSR count). The highest BCUT2D eigenvalue weighted by Crippen LogP contribution is 2.28. The number of amides is 2. The summed E-state index contributed by atoms with van der Waals surface area (Å²) in [5.41, 5.74) is 1.05. The minimum Gasteiger partial charge on any atom is -0.496 e. The van der Waals surface area contributed by atoms with Crippen LogP contribution < -0.4 is 14.8 Å². The molecule has 1 N–H and O–H groups in total. The summed E-state index contributed by atoms with van der Waals surface area (Å²) < 4.78 is 10.6. The smallest absolute Gasteiger partial charge is 0.258 e. The van der Waals surface area contributed by atoms with Crippen LogP contribution in [0.4, 0.5) is 0 Å². The minimum absolute atomic E-state index is 0.0219. The molecule has 0 saturated carbocycles. The van der Waals surface area contributed by atoms with Gasteiger partial charge in [0.2, 0.25) is 0 Å². The molecule has 1 aromatic heterocycles. The number of hydrogen-bond donors (Lipinski definition) is 1. The molecule has 0 spiro atoms. The van der Waals surface area contributed by atoms with E-state index in [9.17, 15) is 9.59 Å². The third-order valence-electron chi connectivity index (χ3n) is 5.30. The number of aromatic nitrogens is 1. The van der Waals surface area contributed by atoms with Gasteiger partial charge in [-0.05, 0) is 49.3 Å². The van der Waals surface area contributed by atoms with E-state index in [4.69, 9.17) is 9.47 Å². The Morgan fingerprint density at radius 1 is 1.13 bits per heavy atom. The van der Waals surface area contributed by atoms with E-state index in [0.717, 1.165) is 17.9 Å². The van der Waals surface area contributed by atoms with E-state index >= 15 is 0 Å². The number of nitrogens with one attached hydrogen (secondary N) is 1. The summed E-state index contributed by atoms with van der Waals surface area (Å²) in [6.07, 6.45) is 5.30. The molecule has 1 aliphatic heterocycles. The second kappa shape index (κ2) is 10.3. The first-order chi connectivity index (χ1) is 14.6. The van der Waals surface area contributed by atoms with Crippen LogP contribution in [0.15, 0.2) is 41.6 Å². The molecule has 1 fully saturated rings. The Kier molecular flexibility index (Phi) is 7.57. The van der Waals surface area contributed by atoms with Crippen LogP contribution in [0, 0.1) is 5.92 Å². The summed E-state index contributed by atoms with van der Waals surface area (Å²) in [6.45, 7) is 1.88. The summed E-state index contributed by atoms with van der Waals surface area (Å²) in [7, 11) is 3.06. The standard InChI is InChI=1S/C22H27N3O4S/c1-28-17-7-4-8-18(29-2)19(17)20(26)24-14-15-9-12-25(13-10-15)22(27)16-6-5-11-23-21(16)30-3/h4-8,11,15H,9-10,12-14H2,1-3H3,(H,24,26). The molecule has 8 heteroatoms. The number of likely N-dealkylation sites (tertiary alicyclic amines) is 1. The molecule has 0 aliphatic carbocycles. The lowest BCUT2D eigenvalue weighted by Crippen LogP contribution is -2.41. The van der Waals surface area contributed by atoms with Gasteiger partial charge in [0.15, 0.2) is 0 Å². The highest BCUT2D eigenvalue weighted by Gasteiger charge is 2.26. The van der Waals surface area contributed by atoms with Crippen LogP contribution in [0.2, 0.25) is 0 Å². The number of ether oxygens (including phenoxy) is 2. The monoisotopic (exact) mass is 429 g/mol. The van der Waals surface area contributed by atoms with Crippen molar-refractivity contribution in [2.75, 3.05) is 40.1 Å². The van der Waals surface area contributed by atoms with E-state index in [2.05, 4.69) is 10.3 Å². The van der Waals surface area contributed by atoms with Crippen molar-refractivity contribution in [1.29, 1.82) is 0 Å². The number of nitrogens with zero attached hydrogens (tertiary/aromatic N) is 2. The fourth-order valence-corrected chi connectivity index (χ4v) is 4.17. The van der Waals surface area contributed by atoms with E-state index in [1.165, 1.54) is 26.0 Å². The Morgan fingerprint density at radius 3 is 2.40 bits per heavy atom. The van der Waals surface area contributed by atoms with E-state index in [1.807, 2.05) is 17.2 Å².